The van der Waals surface area contributed by atoms with Crippen molar-refractivity contribution in [1.29, 1.82) is 0 Å². The second-order valence-corrected chi connectivity index (χ2v) is 7.24. The number of rotatable bonds is 7. The number of ether oxygens (including phenoxy) is 2. The lowest BCUT2D eigenvalue weighted by molar-refractivity contribution is -0.120. The van der Waals surface area contributed by atoms with E-state index in [2.05, 4.69) is 10.1 Å². The minimum absolute atomic E-state index is 0.0145. The number of likely N-dealkylation sites (tertiary alicyclic amines) is 1. The summed E-state index contributed by atoms with van der Waals surface area (Å²) in [4.78, 5) is 18.8. The van der Waals surface area contributed by atoms with Gasteiger partial charge < -0.3 is 18.9 Å². The quantitative estimate of drug-likeness (QED) is 0.696. The van der Waals surface area contributed by atoms with Gasteiger partial charge in [-0.25, -0.2) is 0 Å². The molecular weight excluding hydrogens is 346 g/mol. The number of carbonyl (C=O) groups excluding carboxylic acids is 1. The Hall–Kier alpha value is -2.25. The van der Waals surface area contributed by atoms with Crippen molar-refractivity contribution in [3.63, 3.8) is 0 Å². The van der Waals surface area contributed by atoms with E-state index in [1.807, 2.05) is 30.0 Å². The van der Waals surface area contributed by atoms with Crippen LogP contribution < -0.4 is 0 Å². The van der Waals surface area contributed by atoms with Gasteiger partial charge in [-0.3, -0.25) is 9.78 Å². The van der Waals surface area contributed by atoms with Gasteiger partial charge in [0.2, 0.25) is 0 Å². The Labute approximate surface area is 158 Å². The van der Waals surface area contributed by atoms with Crippen molar-refractivity contribution in [1.82, 2.24) is 15.0 Å². The number of aryl methyl sites for hydroxylation is 1. The van der Waals surface area contributed by atoms with Gasteiger partial charge in [0, 0.05) is 25.8 Å². The van der Waals surface area contributed by atoms with Gasteiger partial charge >= 0.3 is 0 Å². The summed E-state index contributed by atoms with van der Waals surface area (Å²) >= 11 is 0. The van der Waals surface area contributed by atoms with Crippen molar-refractivity contribution in [3.05, 3.63) is 47.6 Å². The topological polar surface area (TPSA) is 77.7 Å². The molecule has 0 radical (unpaired) electrons. The normalized spacial score (nSPS) is 20.8. The van der Waals surface area contributed by atoms with Crippen molar-refractivity contribution in [2.45, 2.75) is 38.4 Å². The van der Waals surface area contributed by atoms with E-state index >= 15 is 0 Å². The van der Waals surface area contributed by atoms with E-state index in [0.717, 1.165) is 25.1 Å². The van der Waals surface area contributed by atoms with E-state index < -0.39 is 0 Å². The Morgan fingerprint density at radius 1 is 1.41 bits per heavy atom. The molecule has 0 saturated carbocycles. The molecule has 0 aromatic carbocycles. The monoisotopic (exact) mass is 371 g/mol. The maximum atomic E-state index is 12.7. The zero-order valence-electron chi connectivity index (χ0n) is 15.6. The molecule has 27 heavy (non-hydrogen) atoms. The summed E-state index contributed by atoms with van der Waals surface area (Å²) in [5.74, 6) is 1.05. The number of amides is 1. The summed E-state index contributed by atoms with van der Waals surface area (Å²) in [7, 11) is 0. The maximum Gasteiger partial charge on any atom is 0.259 e. The summed E-state index contributed by atoms with van der Waals surface area (Å²) in [5, 5.41) is 3.76. The highest BCUT2D eigenvalue weighted by Crippen LogP contribution is 2.42. The van der Waals surface area contributed by atoms with Gasteiger partial charge in [0.05, 0.1) is 31.6 Å². The van der Waals surface area contributed by atoms with Gasteiger partial charge in [0.1, 0.15) is 16.9 Å². The largest absolute Gasteiger partial charge is 0.375 e. The number of carbonyl (C=O) groups is 1. The molecule has 1 amide bonds. The Balaban J connectivity index is 1.27. The summed E-state index contributed by atoms with van der Waals surface area (Å²) in [6.45, 7) is 5.16. The highest BCUT2D eigenvalue weighted by Gasteiger charge is 2.54. The minimum Gasteiger partial charge on any atom is -0.375 e. The van der Waals surface area contributed by atoms with Crippen LogP contribution in [0, 0.1) is 5.92 Å². The highest BCUT2D eigenvalue weighted by molar-refractivity contribution is 5.95. The van der Waals surface area contributed by atoms with Gasteiger partial charge in [-0.1, -0.05) is 18.1 Å². The molecule has 7 nitrogen and oxygen atoms in total. The van der Waals surface area contributed by atoms with Crippen molar-refractivity contribution in [3.8, 4) is 0 Å². The lowest BCUT2D eigenvalue weighted by atomic mass is 9.79. The van der Waals surface area contributed by atoms with Crippen molar-refractivity contribution in [2.24, 2.45) is 5.92 Å². The first kappa shape index (κ1) is 18.1. The molecular formula is C20H25N3O4. The predicted octanol–water partition coefficient (Wildman–Crippen LogP) is 2.47. The molecule has 2 aromatic rings. The van der Waals surface area contributed by atoms with Crippen LogP contribution in [0.25, 0.3) is 0 Å². The molecule has 0 unspecified atom stereocenters. The van der Waals surface area contributed by atoms with E-state index in [1.165, 1.54) is 6.20 Å². The van der Waals surface area contributed by atoms with Crippen LogP contribution in [0.4, 0.5) is 0 Å². The van der Waals surface area contributed by atoms with E-state index in [0.29, 0.717) is 50.0 Å². The zero-order chi connectivity index (χ0) is 18.7. The average Bonchev–Trinajstić information content (AvgIpc) is 3.31. The predicted molar refractivity (Wildman–Crippen MR) is 97.1 cm³/mol. The number of nitrogens with zero attached hydrogens (tertiary/aromatic N) is 3. The third-order valence-electron chi connectivity index (χ3n) is 5.59. The smallest absolute Gasteiger partial charge is 0.259 e. The fourth-order valence-corrected chi connectivity index (χ4v) is 4.04. The van der Waals surface area contributed by atoms with Gasteiger partial charge in [-0.05, 0) is 30.9 Å². The molecule has 0 N–H and O–H groups in total. The molecule has 2 fully saturated rings. The van der Waals surface area contributed by atoms with E-state index in [1.54, 1.807) is 6.20 Å². The van der Waals surface area contributed by atoms with Gasteiger partial charge in [0.15, 0.2) is 0 Å². The second kappa shape index (κ2) is 7.78. The molecule has 2 aromatic heterocycles. The molecule has 144 valence electrons. The van der Waals surface area contributed by atoms with Crippen molar-refractivity contribution >= 4 is 5.91 Å². The molecule has 2 aliphatic heterocycles. The molecule has 2 aliphatic rings. The van der Waals surface area contributed by atoms with Crippen LogP contribution in [0.5, 0.6) is 0 Å². The fraction of sp³-hybridized carbons (Fsp3) is 0.550. The third kappa shape index (κ3) is 3.61. The zero-order valence-corrected chi connectivity index (χ0v) is 15.6. The van der Waals surface area contributed by atoms with Crippen molar-refractivity contribution in [2.75, 3.05) is 26.3 Å². The van der Waals surface area contributed by atoms with Gasteiger partial charge in [0.25, 0.3) is 5.91 Å². The molecule has 7 heteroatoms. The summed E-state index contributed by atoms with van der Waals surface area (Å²) < 4.78 is 17.0. The SMILES string of the molecule is CCc1oncc1C(=O)N1CC2(C1)OCC[C@H]2CCOCc1ccccn1. The second-order valence-electron chi connectivity index (χ2n) is 7.24. The molecule has 1 atom stereocenters. The van der Waals surface area contributed by atoms with Gasteiger partial charge in [-0.15, -0.1) is 0 Å². The van der Waals surface area contributed by atoms with Crippen LogP contribution in [0.2, 0.25) is 0 Å². The summed E-state index contributed by atoms with van der Waals surface area (Å²) in [5.41, 5.74) is 1.30. The first-order valence-corrected chi connectivity index (χ1v) is 9.56. The standard InChI is InChI=1S/C20H25N3O4/c1-2-18-17(11-22-27-18)19(24)23-13-20(14-23)15(7-10-26-20)6-9-25-12-16-5-3-4-8-21-16/h3-5,8,11,15H,2,6-7,9-10,12-14H2,1H3/t15-/m1/s1. The van der Waals surface area contributed by atoms with Crippen LogP contribution in [-0.2, 0) is 22.5 Å². The third-order valence-corrected chi connectivity index (χ3v) is 5.59. The molecule has 4 rings (SSSR count). The molecule has 2 saturated heterocycles. The molecule has 4 heterocycles. The van der Waals surface area contributed by atoms with Crippen LogP contribution in [0.3, 0.4) is 0 Å². The van der Waals surface area contributed by atoms with Crippen LogP contribution >= 0.6 is 0 Å². The lowest BCUT2D eigenvalue weighted by Crippen LogP contribution is -2.66. The summed E-state index contributed by atoms with van der Waals surface area (Å²) in [6, 6.07) is 5.83. The highest BCUT2D eigenvalue weighted by atomic mass is 16.5. The number of hydrogen-bond donors (Lipinski definition) is 0. The molecule has 1 spiro atoms. The van der Waals surface area contributed by atoms with E-state index in [9.17, 15) is 4.79 Å². The van der Waals surface area contributed by atoms with Crippen molar-refractivity contribution < 1.29 is 18.8 Å². The van der Waals surface area contributed by atoms with Gasteiger partial charge in [-0.2, -0.15) is 0 Å². The first-order valence-electron chi connectivity index (χ1n) is 9.56. The lowest BCUT2D eigenvalue weighted by Gasteiger charge is -2.50. The molecule has 0 bridgehead atoms. The Morgan fingerprint density at radius 2 is 2.30 bits per heavy atom. The van der Waals surface area contributed by atoms with E-state index in [4.69, 9.17) is 14.0 Å². The summed E-state index contributed by atoms with van der Waals surface area (Å²) in [6.07, 6.45) is 5.90. The number of aromatic nitrogens is 2. The number of pyridine rings is 1. The Morgan fingerprint density at radius 3 is 3.07 bits per heavy atom. The van der Waals surface area contributed by atoms with Crippen LogP contribution in [0.15, 0.2) is 35.1 Å². The Kier molecular flexibility index (Phi) is 5.22. The minimum atomic E-state index is -0.215. The first-order chi connectivity index (χ1) is 13.2. The maximum absolute atomic E-state index is 12.7. The number of hydrogen-bond acceptors (Lipinski definition) is 6. The van der Waals surface area contributed by atoms with Crippen LogP contribution in [0.1, 0.15) is 41.6 Å². The van der Waals surface area contributed by atoms with Crippen LogP contribution in [-0.4, -0.2) is 52.9 Å². The Bertz CT molecular complexity index is 771. The average molecular weight is 371 g/mol. The fourth-order valence-electron chi connectivity index (χ4n) is 4.04. The van der Waals surface area contributed by atoms with E-state index in [-0.39, 0.29) is 11.5 Å². The molecule has 0 aliphatic carbocycles.